The standard InChI is InChI=1S/C8H15NO2/c1-11-8(10)5-4-7-3-2-6-9-7/h7,9H,2-6H2,1H3/t7-/m0/s1. The van der Waals surface area contributed by atoms with Gasteiger partial charge in [0, 0.05) is 12.5 Å². The number of methoxy groups -OCH3 is 1. The number of hydrogen-bond acceptors (Lipinski definition) is 3. The molecule has 11 heavy (non-hydrogen) atoms. The van der Waals surface area contributed by atoms with Gasteiger partial charge in [-0.3, -0.25) is 4.79 Å². The molecule has 1 saturated heterocycles. The molecule has 0 aromatic heterocycles. The Morgan fingerprint density at radius 1 is 1.73 bits per heavy atom. The molecule has 64 valence electrons. The van der Waals surface area contributed by atoms with E-state index in [0.29, 0.717) is 12.5 Å². The fraction of sp³-hybridized carbons (Fsp3) is 0.875. The van der Waals surface area contributed by atoms with E-state index in [2.05, 4.69) is 10.1 Å². The molecule has 1 fully saturated rings. The first-order valence-electron chi connectivity index (χ1n) is 4.13. The van der Waals surface area contributed by atoms with Crippen LogP contribution in [0.2, 0.25) is 0 Å². The summed E-state index contributed by atoms with van der Waals surface area (Å²) >= 11 is 0. The van der Waals surface area contributed by atoms with E-state index in [9.17, 15) is 4.79 Å². The molecule has 0 unspecified atom stereocenters. The van der Waals surface area contributed by atoms with Crippen LogP contribution in [0.4, 0.5) is 0 Å². The first-order chi connectivity index (χ1) is 5.33. The van der Waals surface area contributed by atoms with Crippen molar-refractivity contribution < 1.29 is 9.53 Å². The van der Waals surface area contributed by atoms with E-state index >= 15 is 0 Å². The largest absolute Gasteiger partial charge is 0.469 e. The van der Waals surface area contributed by atoms with Crippen molar-refractivity contribution in [3.05, 3.63) is 0 Å². The summed E-state index contributed by atoms with van der Waals surface area (Å²) in [5.74, 6) is -0.0984. The average Bonchev–Trinajstić information content (AvgIpc) is 2.52. The van der Waals surface area contributed by atoms with Gasteiger partial charge in [-0.15, -0.1) is 0 Å². The quantitative estimate of drug-likeness (QED) is 0.612. The summed E-state index contributed by atoms with van der Waals surface area (Å²) < 4.78 is 4.54. The van der Waals surface area contributed by atoms with Gasteiger partial charge in [-0.2, -0.15) is 0 Å². The van der Waals surface area contributed by atoms with Crippen LogP contribution in [0.5, 0.6) is 0 Å². The van der Waals surface area contributed by atoms with Crippen LogP contribution in [0.1, 0.15) is 25.7 Å². The predicted octanol–water partition coefficient (Wildman–Crippen LogP) is 0.692. The van der Waals surface area contributed by atoms with Crippen molar-refractivity contribution in [2.45, 2.75) is 31.7 Å². The molecule has 1 atom stereocenters. The maximum Gasteiger partial charge on any atom is 0.305 e. The second-order valence-electron chi connectivity index (χ2n) is 2.91. The summed E-state index contributed by atoms with van der Waals surface area (Å²) in [5.41, 5.74) is 0. The van der Waals surface area contributed by atoms with Gasteiger partial charge in [-0.25, -0.2) is 0 Å². The summed E-state index contributed by atoms with van der Waals surface area (Å²) in [4.78, 5) is 10.7. The van der Waals surface area contributed by atoms with Gasteiger partial charge in [-0.1, -0.05) is 0 Å². The Kier molecular flexibility index (Phi) is 3.36. The van der Waals surface area contributed by atoms with Crippen molar-refractivity contribution in [1.82, 2.24) is 5.32 Å². The summed E-state index contributed by atoms with van der Waals surface area (Å²) in [7, 11) is 1.43. The molecule has 1 aliphatic rings. The molecule has 1 N–H and O–H groups in total. The third-order valence-electron chi connectivity index (χ3n) is 2.09. The minimum Gasteiger partial charge on any atom is -0.469 e. The molecule has 1 aliphatic heterocycles. The normalized spacial score (nSPS) is 23.5. The van der Waals surface area contributed by atoms with Crippen molar-refractivity contribution in [1.29, 1.82) is 0 Å². The zero-order valence-electron chi connectivity index (χ0n) is 6.93. The second-order valence-corrected chi connectivity index (χ2v) is 2.91. The number of nitrogens with one attached hydrogen (secondary N) is 1. The molecule has 1 rings (SSSR count). The van der Waals surface area contributed by atoms with Gasteiger partial charge >= 0.3 is 5.97 Å². The fourth-order valence-electron chi connectivity index (χ4n) is 1.40. The molecular weight excluding hydrogens is 142 g/mol. The van der Waals surface area contributed by atoms with Gasteiger partial charge < -0.3 is 10.1 Å². The highest BCUT2D eigenvalue weighted by atomic mass is 16.5. The lowest BCUT2D eigenvalue weighted by molar-refractivity contribution is -0.140. The third kappa shape index (κ3) is 2.89. The second kappa shape index (κ2) is 4.34. The Hall–Kier alpha value is -0.570. The van der Waals surface area contributed by atoms with Crippen LogP contribution < -0.4 is 5.32 Å². The van der Waals surface area contributed by atoms with Crippen LogP contribution in [0.25, 0.3) is 0 Å². The maximum absolute atomic E-state index is 10.7. The average molecular weight is 157 g/mol. The van der Waals surface area contributed by atoms with E-state index in [1.54, 1.807) is 0 Å². The number of carbonyl (C=O) groups excluding carboxylic acids is 1. The topological polar surface area (TPSA) is 38.3 Å². The maximum atomic E-state index is 10.7. The Bertz CT molecular complexity index is 130. The number of rotatable bonds is 3. The molecule has 0 spiro atoms. The first kappa shape index (κ1) is 8.53. The minimum atomic E-state index is -0.0984. The fourth-order valence-corrected chi connectivity index (χ4v) is 1.40. The van der Waals surface area contributed by atoms with Crippen molar-refractivity contribution in [2.24, 2.45) is 0 Å². The lowest BCUT2D eigenvalue weighted by Crippen LogP contribution is -2.22. The van der Waals surface area contributed by atoms with Crippen LogP contribution in [-0.2, 0) is 9.53 Å². The third-order valence-corrected chi connectivity index (χ3v) is 2.09. The summed E-state index contributed by atoms with van der Waals surface area (Å²) in [6.45, 7) is 1.10. The molecule has 0 aromatic rings. The minimum absolute atomic E-state index is 0.0984. The molecule has 0 amide bonds. The monoisotopic (exact) mass is 157 g/mol. The Morgan fingerprint density at radius 3 is 3.09 bits per heavy atom. The summed E-state index contributed by atoms with van der Waals surface area (Å²) in [6, 6.07) is 0.550. The van der Waals surface area contributed by atoms with E-state index < -0.39 is 0 Å². The zero-order chi connectivity index (χ0) is 8.10. The number of carbonyl (C=O) groups is 1. The SMILES string of the molecule is COC(=O)CC[C@@H]1CCCN1. The number of hydrogen-bond donors (Lipinski definition) is 1. The number of ether oxygens (including phenoxy) is 1. The van der Waals surface area contributed by atoms with Gasteiger partial charge in [0.1, 0.15) is 0 Å². The molecule has 0 saturated carbocycles. The number of esters is 1. The summed E-state index contributed by atoms with van der Waals surface area (Å²) in [6.07, 6.45) is 3.92. The van der Waals surface area contributed by atoms with Crippen LogP contribution in [0, 0.1) is 0 Å². The molecule has 0 aliphatic carbocycles. The van der Waals surface area contributed by atoms with E-state index in [0.717, 1.165) is 13.0 Å². The van der Waals surface area contributed by atoms with E-state index in [1.807, 2.05) is 0 Å². The molecule has 3 heteroatoms. The molecule has 3 nitrogen and oxygen atoms in total. The molecule has 0 bridgehead atoms. The van der Waals surface area contributed by atoms with Gasteiger partial charge in [0.25, 0.3) is 0 Å². The van der Waals surface area contributed by atoms with Gasteiger partial charge in [0.15, 0.2) is 0 Å². The van der Waals surface area contributed by atoms with Gasteiger partial charge in [0.2, 0.25) is 0 Å². The van der Waals surface area contributed by atoms with Crippen molar-refractivity contribution in [3.63, 3.8) is 0 Å². The van der Waals surface area contributed by atoms with Gasteiger partial charge in [-0.05, 0) is 25.8 Å². The highest BCUT2D eigenvalue weighted by Gasteiger charge is 2.14. The Labute approximate surface area is 67.1 Å². The Morgan fingerprint density at radius 2 is 2.55 bits per heavy atom. The van der Waals surface area contributed by atoms with E-state index in [4.69, 9.17) is 0 Å². The van der Waals surface area contributed by atoms with Crippen molar-refractivity contribution in [3.8, 4) is 0 Å². The van der Waals surface area contributed by atoms with Crippen molar-refractivity contribution >= 4 is 5.97 Å². The lowest BCUT2D eigenvalue weighted by Gasteiger charge is -2.07. The highest BCUT2D eigenvalue weighted by Crippen LogP contribution is 2.10. The smallest absolute Gasteiger partial charge is 0.305 e. The molecular formula is C8H15NO2. The predicted molar refractivity (Wildman–Crippen MR) is 42.3 cm³/mol. The van der Waals surface area contributed by atoms with Crippen LogP contribution >= 0.6 is 0 Å². The van der Waals surface area contributed by atoms with Crippen LogP contribution in [0.3, 0.4) is 0 Å². The highest BCUT2D eigenvalue weighted by molar-refractivity contribution is 5.69. The van der Waals surface area contributed by atoms with Crippen molar-refractivity contribution in [2.75, 3.05) is 13.7 Å². The van der Waals surface area contributed by atoms with E-state index in [-0.39, 0.29) is 5.97 Å². The molecule has 1 heterocycles. The lowest BCUT2D eigenvalue weighted by atomic mass is 10.1. The molecule has 0 aromatic carbocycles. The molecule has 0 radical (unpaired) electrons. The van der Waals surface area contributed by atoms with Crippen LogP contribution in [0.15, 0.2) is 0 Å². The zero-order valence-corrected chi connectivity index (χ0v) is 6.93. The van der Waals surface area contributed by atoms with Gasteiger partial charge in [0.05, 0.1) is 7.11 Å². The summed E-state index contributed by atoms with van der Waals surface area (Å²) in [5, 5.41) is 3.33. The first-order valence-corrected chi connectivity index (χ1v) is 4.13. The van der Waals surface area contributed by atoms with Crippen LogP contribution in [-0.4, -0.2) is 25.7 Å². The Balaban J connectivity index is 2.06. The van der Waals surface area contributed by atoms with E-state index in [1.165, 1.54) is 20.0 Å².